The molecule has 5 rings (SSSR count). The van der Waals surface area contributed by atoms with Crippen LogP contribution in [0.4, 0.5) is 5.69 Å². The maximum absolute atomic E-state index is 12.0. The molecule has 2 heterocycles. The van der Waals surface area contributed by atoms with E-state index in [1.54, 1.807) is 12.1 Å². The molecule has 0 spiro atoms. The Morgan fingerprint density at radius 1 is 1.11 bits per heavy atom. The summed E-state index contributed by atoms with van der Waals surface area (Å²) in [4.78, 5) is 17.6. The number of nitrogens with two attached hydrogens (primary N) is 1. The Hall–Kier alpha value is -4.31. The average Bonchev–Trinajstić information content (AvgIpc) is 3.37. The van der Waals surface area contributed by atoms with E-state index in [0.29, 0.717) is 16.8 Å². The molecule has 0 saturated carbocycles. The Bertz CT molecular complexity index is 1550. The van der Waals surface area contributed by atoms with Crippen molar-refractivity contribution in [2.45, 2.75) is 6.92 Å². The predicted octanol–water partition coefficient (Wildman–Crippen LogP) is 5.25. The standard InChI is InChI=1S/C31H29N3O3/c1-21(20-34-13-15-37-16-14-34)17-25-8-6-22(18-28(25)32)5-7-24-3-2-4-27(31(35)36)30(24)26-10-9-23-11-12-33-29(23)19-26/h2-4,6,8-12,17-19,33H,13-16,20,32H2,1H3,(H,35,36)/b21-17+. The van der Waals surface area contributed by atoms with Crippen molar-refractivity contribution < 1.29 is 14.6 Å². The Balaban J connectivity index is 1.44. The van der Waals surface area contributed by atoms with Crippen LogP contribution in [-0.2, 0) is 4.74 Å². The molecule has 0 aliphatic carbocycles. The van der Waals surface area contributed by atoms with Crippen LogP contribution in [0.15, 0.2) is 72.4 Å². The van der Waals surface area contributed by atoms with Gasteiger partial charge in [-0.15, -0.1) is 0 Å². The molecule has 0 atom stereocenters. The molecule has 6 nitrogen and oxygen atoms in total. The summed E-state index contributed by atoms with van der Waals surface area (Å²) in [5.74, 6) is 5.39. The third-order valence-corrected chi connectivity index (χ3v) is 6.55. The van der Waals surface area contributed by atoms with Gasteiger partial charge >= 0.3 is 5.97 Å². The number of benzene rings is 3. The number of aromatic carboxylic acids is 1. The Morgan fingerprint density at radius 3 is 2.73 bits per heavy atom. The van der Waals surface area contributed by atoms with Gasteiger partial charge in [-0.3, -0.25) is 4.90 Å². The summed E-state index contributed by atoms with van der Waals surface area (Å²) in [6.07, 6.45) is 3.98. The molecule has 1 fully saturated rings. The monoisotopic (exact) mass is 491 g/mol. The number of nitrogen functional groups attached to an aromatic ring is 1. The highest BCUT2D eigenvalue weighted by atomic mass is 16.5. The third-order valence-electron chi connectivity index (χ3n) is 6.55. The number of carbonyl (C=O) groups is 1. The average molecular weight is 492 g/mol. The van der Waals surface area contributed by atoms with Crippen LogP contribution in [0, 0.1) is 11.8 Å². The minimum Gasteiger partial charge on any atom is -0.478 e. The first-order valence-electron chi connectivity index (χ1n) is 12.3. The summed E-state index contributed by atoms with van der Waals surface area (Å²) in [6, 6.07) is 18.8. The largest absolute Gasteiger partial charge is 0.478 e. The second kappa shape index (κ2) is 10.8. The van der Waals surface area contributed by atoms with Crippen molar-refractivity contribution in [2.24, 2.45) is 0 Å². The van der Waals surface area contributed by atoms with E-state index in [-0.39, 0.29) is 5.56 Å². The Labute approximate surface area is 216 Å². The number of aromatic nitrogens is 1. The molecule has 0 bridgehead atoms. The molecule has 1 aliphatic rings. The number of hydrogen-bond acceptors (Lipinski definition) is 4. The van der Waals surface area contributed by atoms with Crippen molar-refractivity contribution in [1.29, 1.82) is 0 Å². The Kier molecular flexibility index (Phi) is 7.09. The molecule has 0 radical (unpaired) electrons. The van der Waals surface area contributed by atoms with Crippen LogP contribution in [0.25, 0.3) is 28.1 Å². The zero-order chi connectivity index (χ0) is 25.8. The number of ether oxygens (including phenoxy) is 1. The number of nitrogens with zero attached hydrogens (tertiary/aromatic N) is 1. The number of morpholine rings is 1. The number of rotatable bonds is 5. The van der Waals surface area contributed by atoms with E-state index in [2.05, 4.69) is 34.7 Å². The van der Waals surface area contributed by atoms with Gasteiger partial charge in [-0.2, -0.15) is 0 Å². The van der Waals surface area contributed by atoms with Gasteiger partial charge in [0, 0.05) is 53.7 Å². The third kappa shape index (κ3) is 5.59. The van der Waals surface area contributed by atoms with Gasteiger partial charge < -0.3 is 20.6 Å². The van der Waals surface area contributed by atoms with Crippen molar-refractivity contribution >= 4 is 28.6 Å². The first kappa shape index (κ1) is 24.4. The van der Waals surface area contributed by atoms with Crippen LogP contribution in [0.2, 0.25) is 0 Å². The first-order chi connectivity index (χ1) is 18.0. The molecule has 1 saturated heterocycles. The van der Waals surface area contributed by atoms with Gasteiger partial charge in [0.1, 0.15) is 0 Å². The highest BCUT2D eigenvalue weighted by molar-refractivity contribution is 5.99. The molecular weight excluding hydrogens is 462 g/mol. The minimum absolute atomic E-state index is 0.216. The predicted molar refractivity (Wildman–Crippen MR) is 148 cm³/mol. The fourth-order valence-electron chi connectivity index (χ4n) is 4.70. The number of fused-ring (bicyclic) bond motifs is 1. The quantitative estimate of drug-likeness (QED) is 0.262. The van der Waals surface area contributed by atoms with Crippen LogP contribution in [0.3, 0.4) is 0 Å². The summed E-state index contributed by atoms with van der Waals surface area (Å²) in [7, 11) is 0. The second-order valence-corrected chi connectivity index (χ2v) is 9.29. The van der Waals surface area contributed by atoms with E-state index >= 15 is 0 Å². The molecule has 4 aromatic rings. The maximum Gasteiger partial charge on any atom is 0.336 e. The molecule has 3 aromatic carbocycles. The number of hydrogen-bond donors (Lipinski definition) is 3. The SMILES string of the molecule is C/C(=C\c1ccc(C#Cc2cccc(C(=O)O)c2-c2ccc3cc[nH]c3c2)cc1N)CN1CCOCC1. The second-order valence-electron chi connectivity index (χ2n) is 9.29. The Morgan fingerprint density at radius 2 is 1.95 bits per heavy atom. The highest BCUT2D eigenvalue weighted by Crippen LogP contribution is 2.30. The molecular formula is C31H29N3O3. The molecule has 0 unspecified atom stereocenters. The van der Waals surface area contributed by atoms with Crippen LogP contribution in [0.1, 0.15) is 34.0 Å². The molecule has 4 N–H and O–H groups in total. The van der Waals surface area contributed by atoms with E-state index in [0.717, 1.165) is 60.4 Å². The highest BCUT2D eigenvalue weighted by Gasteiger charge is 2.16. The van der Waals surface area contributed by atoms with E-state index in [9.17, 15) is 9.90 Å². The molecule has 186 valence electrons. The number of carboxylic acid groups (broad SMARTS) is 1. The number of aromatic amines is 1. The fourth-order valence-corrected chi connectivity index (χ4v) is 4.70. The lowest BCUT2D eigenvalue weighted by molar-refractivity contribution is 0.0424. The lowest BCUT2D eigenvalue weighted by Crippen LogP contribution is -2.37. The number of carboxylic acids is 1. The smallest absolute Gasteiger partial charge is 0.336 e. The zero-order valence-electron chi connectivity index (χ0n) is 20.8. The zero-order valence-corrected chi connectivity index (χ0v) is 20.8. The topological polar surface area (TPSA) is 91.6 Å². The summed E-state index contributed by atoms with van der Waals surface area (Å²) in [5, 5.41) is 10.9. The van der Waals surface area contributed by atoms with Crippen molar-refractivity contribution in [2.75, 3.05) is 38.6 Å². The lowest BCUT2D eigenvalue weighted by Gasteiger charge is -2.26. The van der Waals surface area contributed by atoms with Gasteiger partial charge in [0.2, 0.25) is 0 Å². The molecule has 37 heavy (non-hydrogen) atoms. The molecule has 1 aliphatic heterocycles. The fraction of sp³-hybridized carbons (Fsp3) is 0.194. The summed E-state index contributed by atoms with van der Waals surface area (Å²) in [5.41, 5.74) is 13.2. The van der Waals surface area contributed by atoms with Gasteiger partial charge in [-0.1, -0.05) is 47.8 Å². The van der Waals surface area contributed by atoms with Crippen LogP contribution < -0.4 is 5.73 Å². The number of nitrogens with one attached hydrogen (secondary N) is 1. The van der Waals surface area contributed by atoms with Gasteiger partial charge in [0.15, 0.2) is 0 Å². The minimum atomic E-state index is -0.988. The van der Waals surface area contributed by atoms with Crippen LogP contribution >= 0.6 is 0 Å². The number of anilines is 1. The summed E-state index contributed by atoms with van der Waals surface area (Å²) < 4.78 is 5.43. The van der Waals surface area contributed by atoms with E-state index in [1.807, 2.05) is 54.7 Å². The van der Waals surface area contributed by atoms with Crippen molar-refractivity contribution in [3.05, 3.63) is 94.7 Å². The maximum atomic E-state index is 12.0. The summed E-state index contributed by atoms with van der Waals surface area (Å²) in [6.45, 7) is 6.45. The van der Waals surface area contributed by atoms with E-state index < -0.39 is 5.97 Å². The van der Waals surface area contributed by atoms with Gasteiger partial charge in [0.25, 0.3) is 0 Å². The van der Waals surface area contributed by atoms with Crippen molar-refractivity contribution in [1.82, 2.24) is 9.88 Å². The molecule has 1 aromatic heterocycles. The van der Waals surface area contributed by atoms with Gasteiger partial charge in [-0.25, -0.2) is 4.79 Å². The van der Waals surface area contributed by atoms with Crippen molar-refractivity contribution in [3.63, 3.8) is 0 Å². The van der Waals surface area contributed by atoms with E-state index in [1.165, 1.54) is 5.57 Å². The number of H-pyrrole nitrogens is 1. The van der Waals surface area contributed by atoms with Crippen molar-refractivity contribution in [3.8, 4) is 23.0 Å². The van der Waals surface area contributed by atoms with Crippen LogP contribution in [-0.4, -0.2) is 53.8 Å². The van der Waals surface area contributed by atoms with Crippen LogP contribution in [0.5, 0.6) is 0 Å². The normalized spacial score (nSPS) is 14.4. The summed E-state index contributed by atoms with van der Waals surface area (Å²) >= 11 is 0. The van der Waals surface area contributed by atoms with E-state index in [4.69, 9.17) is 10.5 Å². The lowest BCUT2D eigenvalue weighted by atomic mass is 9.93. The van der Waals surface area contributed by atoms with Gasteiger partial charge in [-0.05, 0) is 59.8 Å². The van der Waals surface area contributed by atoms with Gasteiger partial charge in [0.05, 0.1) is 18.8 Å². The molecule has 6 heteroatoms. The first-order valence-corrected chi connectivity index (χ1v) is 12.3. The molecule has 0 amide bonds.